The van der Waals surface area contributed by atoms with Crippen molar-refractivity contribution in [2.75, 3.05) is 0 Å². The van der Waals surface area contributed by atoms with Crippen LogP contribution in [0.1, 0.15) is 22.3 Å². The minimum Gasteiger partial charge on any atom is -0.336 e. The summed E-state index contributed by atoms with van der Waals surface area (Å²) in [6, 6.07) is 10.3. The molecule has 2 aromatic heterocycles. The van der Waals surface area contributed by atoms with Gasteiger partial charge in [0.25, 0.3) is 0 Å². The zero-order valence-corrected chi connectivity index (χ0v) is 13.5. The van der Waals surface area contributed by atoms with Crippen LogP contribution in [0.5, 0.6) is 0 Å². The summed E-state index contributed by atoms with van der Waals surface area (Å²) in [6.45, 7) is 0.673. The molecule has 114 valence electrons. The van der Waals surface area contributed by atoms with E-state index in [0.717, 1.165) is 20.6 Å². The molecule has 0 fully saturated rings. The van der Waals surface area contributed by atoms with E-state index < -0.39 is 0 Å². The fourth-order valence-corrected chi connectivity index (χ4v) is 3.36. The molecule has 0 aliphatic rings. The van der Waals surface area contributed by atoms with E-state index in [0.29, 0.717) is 6.54 Å². The zero-order valence-electron chi connectivity index (χ0n) is 12.0. The maximum atomic E-state index is 13.2. The molecule has 3 aromatic rings. The molecule has 6 heteroatoms. The van der Waals surface area contributed by atoms with Gasteiger partial charge < -0.3 is 4.57 Å². The second kappa shape index (κ2) is 6.60. The van der Waals surface area contributed by atoms with Crippen molar-refractivity contribution < 1.29 is 4.39 Å². The number of halogens is 2. The summed E-state index contributed by atoms with van der Waals surface area (Å²) in [7, 11) is 1.95. The van der Waals surface area contributed by atoms with Gasteiger partial charge in [0.2, 0.25) is 0 Å². The van der Waals surface area contributed by atoms with E-state index in [1.54, 1.807) is 29.7 Å². The third-order valence-electron chi connectivity index (χ3n) is 3.43. The first-order valence-corrected chi connectivity index (χ1v) is 8.03. The molecule has 1 aromatic carbocycles. The Morgan fingerprint density at radius 3 is 2.64 bits per heavy atom. The lowest BCUT2D eigenvalue weighted by atomic mass is 10.1. The number of hydrogen-bond acceptors (Lipinski definition) is 3. The van der Waals surface area contributed by atoms with Crippen LogP contribution in [0.2, 0.25) is 4.34 Å². The quantitative estimate of drug-likeness (QED) is 0.759. The van der Waals surface area contributed by atoms with Crippen LogP contribution in [0.15, 0.2) is 48.8 Å². The molecular formula is C16H15ClFN3S. The molecule has 0 radical (unpaired) electrons. The molecule has 0 unspecified atom stereocenters. The van der Waals surface area contributed by atoms with Crippen LogP contribution in [-0.4, -0.2) is 9.55 Å². The number of nitrogens with one attached hydrogen (secondary N) is 1. The molecule has 1 N–H and O–H groups in total. The Kier molecular flexibility index (Phi) is 4.57. The van der Waals surface area contributed by atoms with E-state index in [4.69, 9.17) is 11.6 Å². The third kappa shape index (κ3) is 3.38. The van der Waals surface area contributed by atoms with Crippen LogP contribution in [0.25, 0.3) is 0 Å². The molecule has 0 spiro atoms. The summed E-state index contributed by atoms with van der Waals surface area (Å²) in [6.07, 6.45) is 3.66. The fourth-order valence-electron chi connectivity index (χ4n) is 2.32. The molecule has 0 amide bonds. The largest absolute Gasteiger partial charge is 0.336 e. The average Bonchev–Trinajstić information content (AvgIpc) is 3.10. The van der Waals surface area contributed by atoms with Gasteiger partial charge in [0, 0.05) is 30.9 Å². The summed E-state index contributed by atoms with van der Waals surface area (Å²) in [5, 5.41) is 3.47. The molecule has 0 saturated carbocycles. The smallest absolute Gasteiger partial charge is 0.130 e. The zero-order chi connectivity index (χ0) is 15.5. The van der Waals surface area contributed by atoms with Crippen LogP contribution in [-0.2, 0) is 13.6 Å². The molecule has 3 nitrogen and oxygen atoms in total. The van der Waals surface area contributed by atoms with E-state index >= 15 is 0 Å². The predicted molar refractivity (Wildman–Crippen MR) is 87.6 cm³/mol. The summed E-state index contributed by atoms with van der Waals surface area (Å²) >= 11 is 7.51. The lowest BCUT2D eigenvalue weighted by molar-refractivity contribution is 0.559. The Balaban J connectivity index is 1.86. The standard InChI is InChI=1S/C16H15ClFN3S/c1-21-9-8-19-16(21)15(11-2-4-12(18)5-3-11)20-10-13-6-7-14(17)22-13/h2-9,15,20H,10H2,1H3/t15-/m0/s1. The van der Waals surface area contributed by atoms with Crippen molar-refractivity contribution >= 4 is 22.9 Å². The van der Waals surface area contributed by atoms with Crippen molar-refractivity contribution in [2.45, 2.75) is 12.6 Å². The average molecular weight is 336 g/mol. The van der Waals surface area contributed by atoms with Crippen molar-refractivity contribution in [1.82, 2.24) is 14.9 Å². The Bertz CT molecular complexity index is 751. The van der Waals surface area contributed by atoms with E-state index in [-0.39, 0.29) is 11.9 Å². The van der Waals surface area contributed by atoms with Gasteiger partial charge in [-0.15, -0.1) is 11.3 Å². The van der Waals surface area contributed by atoms with E-state index in [1.807, 2.05) is 29.9 Å². The van der Waals surface area contributed by atoms with E-state index in [9.17, 15) is 4.39 Å². The summed E-state index contributed by atoms with van der Waals surface area (Å²) < 4.78 is 15.9. The number of nitrogens with zero attached hydrogens (tertiary/aromatic N) is 2. The summed E-state index contributed by atoms with van der Waals surface area (Å²) in [4.78, 5) is 5.56. The minimum absolute atomic E-state index is 0.110. The van der Waals surface area contributed by atoms with Crippen LogP contribution in [0, 0.1) is 5.82 Å². The highest BCUT2D eigenvalue weighted by atomic mass is 35.5. The minimum atomic E-state index is -0.243. The van der Waals surface area contributed by atoms with Crippen LogP contribution >= 0.6 is 22.9 Å². The first kappa shape index (κ1) is 15.2. The lowest BCUT2D eigenvalue weighted by Crippen LogP contribution is -2.24. The van der Waals surface area contributed by atoms with Gasteiger partial charge in [-0.3, -0.25) is 5.32 Å². The highest BCUT2D eigenvalue weighted by Gasteiger charge is 2.18. The molecule has 22 heavy (non-hydrogen) atoms. The summed E-state index contributed by atoms with van der Waals surface area (Å²) in [5.41, 5.74) is 0.971. The van der Waals surface area contributed by atoms with Crippen LogP contribution in [0.3, 0.4) is 0 Å². The highest BCUT2D eigenvalue weighted by Crippen LogP contribution is 2.24. The number of thiophene rings is 1. The number of hydrogen-bond donors (Lipinski definition) is 1. The van der Waals surface area contributed by atoms with Crippen molar-refractivity contribution in [3.63, 3.8) is 0 Å². The molecular weight excluding hydrogens is 321 g/mol. The van der Waals surface area contributed by atoms with Gasteiger partial charge in [0.05, 0.1) is 10.4 Å². The molecule has 0 bridgehead atoms. The molecule has 2 heterocycles. The topological polar surface area (TPSA) is 29.9 Å². The SMILES string of the molecule is Cn1ccnc1[C@@H](NCc1ccc(Cl)s1)c1ccc(F)cc1. The van der Waals surface area contributed by atoms with Gasteiger partial charge in [-0.05, 0) is 29.8 Å². The number of imidazole rings is 1. The van der Waals surface area contributed by atoms with Gasteiger partial charge >= 0.3 is 0 Å². The van der Waals surface area contributed by atoms with Crippen molar-refractivity contribution in [1.29, 1.82) is 0 Å². The molecule has 1 atom stereocenters. The monoisotopic (exact) mass is 335 g/mol. The van der Waals surface area contributed by atoms with Crippen molar-refractivity contribution in [3.8, 4) is 0 Å². The highest BCUT2D eigenvalue weighted by molar-refractivity contribution is 7.16. The van der Waals surface area contributed by atoms with Crippen LogP contribution in [0.4, 0.5) is 4.39 Å². The van der Waals surface area contributed by atoms with Gasteiger partial charge in [-0.25, -0.2) is 9.37 Å². The Hall–Kier alpha value is -1.69. The number of aromatic nitrogens is 2. The number of rotatable bonds is 5. The van der Waals surface area contributed by atoms with Crippen LogP contribution < -0.4 is 5.32 Å². The molecule has 3 rings (SSSR count). The Morgan fingerprint density at radius 1 is 1.27 bits per heavy atom. The maximum Gasteiger partial charge on any atom is 0.130 e. The Labute approximate surface area is 137 Å². The fraction of sp³-hybridized carbons (Fsp3) is 0.188. The first-order chi connectivity index (χ1) is 10.6. The first-order valence-electron chi connectivity index (χ1n) is 6.84. The number of benzene rings is 1. The molecule has 0 saturated heterocycles. The van der Waals surface area contributed by atoms with Gasteiger partial charge in [0.1, 0.15) is 11.6 Å². The third-order valence-corrected chi connectivity index (χ3v) is 4.66. The van der Waals surface area contributed by atoms with Gasteiger partial charge in [0.15, 0.2) is 0 Å². The summed E-state index contributed by atoms with van der Waals surface area (Å²) in [5.74, 6) is 0.640. The predicted octanol–water partition coefficient (Wildman–Crippen LogP) is 4.15. The maximum absolute atomic E-state index is 13.2. The normalized spacial score (nSPS) is 12.5. The number of aryl methyl sites for hydroxylation is 1. The lowest BCUT2D eigenvalue weighted by Gasteiger charge is -2.19. The Morgan fingerprint density at radius 2 is 2.05 bits per heavy atom. The van der Waals surface area contributed by atoms with Crippen molar-refractivity contribution in [2.24, 2.45) is 7.05 Å². The van der Waals surface area contributed by atoms with Gasteiger partial charge in [-0.2, -0.15) is 0 Å². The second-order valence-corrected chi connectivity index (χ2v) is 6.77. The second-order valence-electron chi connectivity index (χ2n) is 4.97. The van der Waals surface area contributed by atoms with Crippen molar-refractivity contribution in [3.05, 3.63) is 75.2 Å². The molecule has 0 aliphatic heterocycles. The molecule has 0 aliphatic carbocycles. The van der Waals surface area contributed by atoms with Gasteiger partial charge in [-0.1, -0.05) is 23.7 Å². The van der Waals surface area contributed by atoms with E-state index in [1.165, 1.54) is 12.1 Å². The van der Waals surface area contributed by atoms with E-state index in [2.05, 4.69) is 10.3 Å².